The molecule has 1 heterocycles. The number of aromatic nitrogens is 1. The monoisotopic (exact) mass is 252 g/mol. The van der Waals surface area contributed by atoms with Crippen molar-refractivity contribution in [1.29, 1.82) is 0 Å². The van der Waals surface area contributed by atoms with E-state index in [-0.39, 0.29) is 11.8 Å². The molecule has 1 aliphatic carbocycles. The van der Waals surface area contributed by atoms with Crippen molar-refractivity contribution in [2.45, 2.75) is 26.7 Å². The van der Waals surface area contributed by atoms with E-state index in [0.29, 0.717) is 19.4 Å². The van der Waals surface area contributed by atoms with Crippen molar-refractivity contribution in [3.05, 3.63) is 17.0 Å². The third-order valence-electron chi connectivity index (χ3n) is 3.30. The molecule has 0 spiro atoms. The van der Waals surface area contributed by atoms with Gasteiger partial charge in [-0.2, -0.15) is 0 Å². The lowest BCUT2D eigenvalue weighted by molar-refractivity contribution is -0.140. The number of aliphatic carboxylic acids is 1. The second kappa shape index (κ2) is 4.80. The van der Waals surface area contributed by atoms with E-state index in [1.807, 2.05) is 13.8 Å². The average molecular weight is 252 g/mol. The minimum Gasteiger partial charge on any atom is -0.481 e. The fourth-order valence-corrected chi connectivity index (χ4v) is 2.06. The summed E-state index contributed by atoms with van der Waals surface area (Å²) in [5.41, 5.74) is 1.83. The van der Waals surface area contributed by atoms with Gasteiger partial charge in [0.15, 0.2) is 0 Å². The van der Waals surface area contributed by atoms with E-state index in [1.165, 1.54) is 0 Å². The van der Waals surface area contributed by atoms with Gasteiger partial charge in [0.2, 0.25) is 5.91 Å². The van der Waals surface area contributed by atoms with Gasteiger partial charge in [0.1, 0.15) is 5.76 Å². The summed E-state index contributed by atoms with van der Waals surface area (Å²) in [7, 11) is 0. The number of aryl methyl sites for hydroxylation is 2. The molecule has 6 nitrogen and oxygen atoms in total. The number of hydrogen-bond donors (Lipinski definition) is 2. The number of hydrogen-bond acceptors (Lipinski definition) is 4. The topological polar surface area (TPSA) is 92.4 Å². The van der Waals surface area contributed by atoms with Crippen LogP contribution in [0.2, 0.25) is 0 Å². The summed E-state index contributed by atoms with van der Waals surface area (Å²) in [6, 6.07) is 0. The zero-order valence-corrected chi connectivity index (χ0v) is 10.4. The molecule has 1 amide bonds. The second-order valence-electron chi connectivity index (χ2n) is 4.63. The van der Waals surface area contributed by atoms with Crippen molar-refractivity contribution < 1.29 is 19.2 Å². The van der Waals surface area contributed by atoms with Crippen LogP contribution in [0.4, 0.5) is 0 Å². The van der Waals surface area contributed by atoms with Crippen molar-refractivity contribution in [2.24, 2.45) is 11.8 Å². The van der Waals surface area contributed by atoms with Gasteiger partial charge in [0.25, 0.3) is 0 Å². The zero-order valence-electron chi connectivity index (χ0n) is 10.4. The van der Waals surface area contributed by atoms with E-state index in [0.717, 1.165) is 17.0 Å². The molecule has 0 radical (unpaired) electrons. The summed E-state index contributed by atoms with van der Waals surface area (Å²) in [5.74, 6) is -1.15. The Kier molecular flexibility index (Phi) is 3.36. The molecule has 0 saturated heterocycles. The lowest BCUT2D eigenvalue weighted by atomic mass is 10.1. The quantitative estimate of drug-likeness (QED) is 0.803. The number of carboxylic acids is 1. The summed E-state index contributed by atoms with van der Waals surface area (Å²) in [6.07, 6.45) is 1.10. The molecular weight excluding hydrogens is 236 g/mol. The molecule has 1 aromatic rings. The molecule has 18 heavy (non-hydrogen) atoms. The number of carbonyl (C=O) groups is 2. The van der Waals surface area contributed by atoms with E-state index < -0.39 is 11.9 Å². The summed E-state index contributed by atoms with van der Waals surface area (Å²) < 4.78 is 5.02. The van der Waals surface area contributed by atoms with Crippen LogP contribution in [0.3, 0.4) is 0 Å². The normalized spacial score (nSPS) is 21.7. The number of nitrogens with zero attached hydrogens (tertiary/aromatic N) is 1. The van der Waals surface area contributed by atoms with E-state index in [4.69, 9.17) is 9.63 Å². The predicted molar refractivity (Wildman–Crippen MR) is 61.9 cm³/mol. The Morgan fingerprint density at radius 2 is 2.17 bits per heavy atom. The minimum atomic E-state index is -0.888. The maximum absolute atomic E-state index is 11.6. The SMILES string of the molecule is Cc1noc(C)c1CCNC(=O)C1CC1C(=O)O. The summed E-state index contributed by atoms with van der Waals surface area (Å²) in [4.78, 5) is 22.2. The van der Waals surface area contributed by atoms with Crippen LogP contribution >= 0.6 is 0 Å². The van der Waals surface area contributed by atoms with Crippen LogP contribution in [-0.4, -0.2) is 28.7 Å². The first-order valence-electron chi connectivity index (χ1n) is 5.93. The molecule has 2 atom stereocenters. The Balaban J connectivity index is 1.77. The van der Waals surface area contributed by atoms with Crippen molar-refractivity contribution in [2.75, 3.05) is 6.54 Å². The highest BCUT2D eigenvalue weighted by Crippen LogP contribution is 2.38. The van der Waals surface area contributed by atoms with E-state index in [2.05, 4.69) is 10.5 Å². The lowest BCUT2D eigenvalue weighted by Crippen LogP contribution is -2.28. The third kappa shape index (κ3) is 2.52. The standard InChI is InChI=1S/C12H16N2O4/c1-6-8(7(2)18-14-6)3-4-13-11(15)9-5-10(9)12(16)17/h9-10H,3-5H2,1-2H3,(H,13,15)(H,16,17). The maximum atomic E-state index is 11.6. The largest absolute Gasteiger partial charge is 0.481 e. The first kappa shape index (κ1) is 12.6. The maximum Gasteiger partial charge on any atom is 0.307 e. The van der Waals surface area contributed by atoms with Gasteiger partial charge in [-0.1, -0.05) is 5.16 Å². The van der Waals surface area contributed by atoms with Crippen LogP contribution in [0.25, 0.3) is 0 Å². The highest BCUT2D eigenvalue weighted by Gasteiger charge is 2.48. The molecule has 1 aromatic heterocycles. The van der Waals surface area contributed by atoms with Crippen LogP contribution in [0, 0.1) is 25.7 Å². The van der Waals surface area contributed by atoms with Crippen LogP contribution in [0.1, 0.15) is 23.4 Å². The molecule has 6 heteroatoms. The molecule has 1 fully saturated rings. The van der Waals surface area contributed by atoms with Crippen molar-refractivity contribution in [1.82, 2.24) is 10.5 Å². The summed E-state index contributed by atoms with van der Waals surface area (Å²) >= 11 is 0. The Hall–Kier alpha value is -1.85. The van der Waals surface area contributed by atoms with Gasteiger partial charge in [-0.05, 0) is 26.7 Å². The molecular formula is C12H16N2O4. The smallest absolute Gasteiger partial charge is 0.307 e. The molecule has 0 bridgehead atoms. The van der Waals surface area contributed by atoms with Crippen LogP contribution < -0.4 is 5.32 Å². The molecule has 1 saturated carbocycles. The molecule has 98 valence electrons. The molecule has 2 N–H and O–H groups in total. The van der Waals surface area contributed by atoms with Gasteiger partial charge in [-0.15, -0.1) is 0 Å². The molecule has 1 aliphatic rings. The third-order valence-corrected chi connectivity index (χ3v) is 3.30. The molecule has 0 aliphatic heterocycles. The predicted octanol–water partition coefficient (Wildman–Crippen LogP) is 0.671. The molecule has 2 unspecified atom stereocenters. The number of amides is 1. The van der Waals surface area contributed by atoms with Crippen molar-refractivity contribution >= 4 is 11.9 Å². The van der Waals surface area contributed by atoms with Crippen molar-refractivity contribution in [3.63, 3.8) is 0 Å². The number of carbonyl (C=O) groups excluding carboxylic acids is 1. The fraction of sp³-hybridized carbons (Fsp3) is 0.583. The highest BCUT2D eigenvalue weighted by atomic mass is 16.5. The summed E-state index contributed by atoms with van der Waals surface area (Å²) in [6.45, 7) is 4.16. The van der Waals surface area contributed by atoms with Crippen molar-refractivity contribution in [3.8, 4) is 0 Å². The summed E-state index contributed by atoms with van der Waals surface area (Å²) in [5, 5.41) is 15.3. The first-order valence-corrected chi connectivity index (χ1v) is 5.93. The Labute approximate surface area is 104 Å². The van der Waals surface area contributed by atoms with Gasteiger partial charge in [-0.3, -0.25) is 9.59 Å². The minimum absolute atomic E-state index is 0.172. The van der Waals surface area contributed by atoms with E-state index in [9.17, 15) is 9.59 Å². The zero-order chi connectivity index (χ0) is 13.3. The van der Waals surface area contributed by atoms with Gasteiger partial charge in [0, 0.05) is 12.1 Å². The number of carboxylic acid groups (broad SMARTS) is 1. The Bertz CT molecular complexity index is 461. The van der Waals surface area contributed by atoms with Gasteiger partial charge in [-0.25, -0.2) is 0 Å². The average Bonchev–Trinajstić information content (AvgIpc) is 3.05. The van der Waals surface area contributed by atoms with Crippen LogP contribution in [0.5, 0.6) is 0 Å². The van der Waals surface area contributed by atoms with E-state index >= 15 is 0 Å². The Morgan fingerprint density at radius 3 is 2.67 bits per heavy atom. The first-order chi connectivity index (χ1) is 8.50. The highest BCUT2D eigenvalue weighted by molar-refractivity contribution is 5.89. The lowest BCUT2D eigenvalue weighted by Gasteiger charge is -2.04. The van der Waals surface area contributed by atoms with Gasteiger partial charge in [0.05, 0.1) is 17.5 Å². The number of nitrogens with one attached hydrogen (secondary N) is 1. The second-order valence-corrected chi connectivity index (χ2v) is 4.63. The fourth-order valence-electron chi connectivity index (χ4n) is 2.06. The van der Waals surface area contributed by atoms with Gasteiger partial charge >= 0.3 is 5.97 Å². The Morgan fingerprint density at radius 1 is 1.44 bits per heavy atom. The van der Waals surface area contributed by atoms with Gasteiger partial charge < -0.3 is 14.9 Å². The van der Waals surface area contributed by atoms with E-state index in [1.54, 1.807) is 0 Å². The van der Waals surface area contributed by atoms with Crippen LogP contribution in [-0.2, 0) is 16.0 Å². The van der Waals surface area contributed by atoms with Crippen LogP contribution in [0.15, 0.2) is 4.52 Å². The molecule has 2 rings (SSSR count). The molecule has 0 aromatic carbocycles. The number of rotatable bonds is 5.